The molecule has 30 heavy (non-hydrogen) atoms. The van der Waals surface area contributed by atoms with Crippen LogP contribution >= 0.6 is 0 Å². The van der Waals surface area contributed by atoms with Gasteiger partial charge in [-0.05, 0) is 55.0 Å². The van der Waals surface area contributed by atoms with Gasteiger partial charge in [0.15, 0.2) is 11.5 Å². The summed E-state index contributed by atoms with van der Waals surface area (Å²) in [7, 11) is 1.67. The van der Waals surface area contributed by atoms with E-state index >= 15 is 0 Å². The minimum Gasteiger partial charge on any atom is -0.494 e. The van der Waals surface area contributed by atoms with Gasteiger partial charge < -0.3 is 14.2 Å². The highest BCUT2D eigenvalue weighted by molar-refractivity contribution is 6.02. The fraction of sp³-hybridized carbons (Fsp3) is 0.250. The van der Waals surface area contributed by atoms with Crippen LogP contribution in [0.25, 0.3) is 0 Å². The lowest BCUT2D eigenvalue weighted by Crippen LogP contribution is -2.33. The van der Waals surface area contributed by atoms with Crippen molar-refractivity contribution in [1.82, 2.24) is 9.99 Å². The zero-order valence-corrected chi connectivity index (χ0v) is 17.0. The zero-order valence-electron chi connectivity index (χ0n) is 17.0. The molecule has 6 nitrogen and oxygen atoms in total. The van der Waals surface area contributed by atoms with Crippen LogP contribution in [0.1, 0.15) is 42.3 Å². The van der Waals surface area contributed by atoms with Crippen LogP contribution in [-0.4, -0.2) is 29.4 Å². The predicted molar refractivity (Wildman–Crippen MR) is 114 cm³/mol. The van der Waals surface area contributed by atoms with Gasteiger partial charge >= 0.3 is 0 Å². The molecule has 0 fully saturated rings. The Morgan fingerprint density at radius 3 is 2.60 bits per heavy atom. The van der Waals surface area contributed by atoms with E-state index in [1.807, 2.05) is 43.3 Å². The molecule has 1 aromatic heterocycles. The van der Waals surface area contributed by atoms with E-state index in [-0.39, 0.29) is 12.3 Å². The van der Waals surface area contributed by atoms with E-state index in [1.54, 1.807) is 19.5 Å². The summed E-state index contributed by atoms with van der Waals surface area (Å²) in [4.78, 5) is 4.14. The van der Waals surface area contributed by atoms with E-state index in [9.17, 15) is 0 Å². The monoisotopic (exact) mass is 401 g/mol. The number of benzene rings is 2. The predicted octanol–water partition coefficient (Wildman–Crippen LogP) is 4.73. The van der Waals surface area contributed by atoms with Crippen LogP contribution < -0.4 is 14.2 Å². The molecule has 2 aliphatic heterocycles. The summed E-state index contributed by atoms with van der Waals surface area (Å²) in [5, 5.41) is 7.05. The van der Waals surface area contributed by atoms with E-state index < -0.39 is 0 Å². The van der Waals surface area contributed by atoms with Gasteiger partial charge in [0.2, 0.25) is 6.23 Å². The Labute approximate surface area is 175 Å². The van der Waals surface area contributed by atoms with Crippen LogP contribution in [0.4, 0.5) is 0 Å². The molecule has 0 saturated heterocycles. The Morgan fingerprint density at radius 2 is 1.87 bits per heavy atom. The molecule has 3 heterocycles. The van der Waals surface area contributed by atoms with E-state index in [2.05, 4.69) is 28.2 Å². The minimum absolute atomic E-state index is 0.0728. The molecule has 0 N–H and O–H groups in total. The molecular formula is C24H23N3O3. The molecule has 0 radical (unpaired) electrons. The van der Waals surface area contributed by atoms with Crippen LogP contribution in [0.3, 0.4) is 0 Å². The second-order valence-corrected chi connectivity index (χ2v) is 7.23. The van der Waals surface area contributed by atoms with Crippen molar-refractivity contribution in [2.75, 3.05) is 13.7 Å². The Hall–Kier alpha value is -3.54. The van der Waals surface area contributed by atoms with Crippen LogP contribution in [-0.2, 0) is 0 Å². The lowest BCUT2D eigenvalue weighted by molar-refractivity contribution is -0.0209. The summed E-state index contributed by atoms with van der Waals surface area (Å²) in [5.74, 6) is 2.39. The number of hydrazone groups is 1. The van der Waals surface area contributed by atoms with E-state index in [4.69, 9.17) is 19.3 Å². The van der Waals surface area contributed by atoms with Crippen LogP contribution in [0.15, 0.2) is 72.1 Å². The van der Waals surface area contributed by atoms with Gasteiger partial charge in [-0.2, -0.15) is 5.10 Å². The highest BCUT2D eigenvalue weighted by Gasteiger charge is 2.42. The van der Waals surface area contributed by atoms with Gasteiger partial charge in [-0.15, -0.1) is 0 Å². The SMILES string of the molecule is CCOc1ccc(C2=NN3[C@H](C2)c2cccc(OC)c2O[C@@H]3c2ccncc2)cc1. The molecular weight excluding hydrogens is 378 g/mol. The molecule has 2 aliphatic rings. The molecule has 0 amide bonds. The first kappa shape index (κ1) is 18.5. The summed E-state index contributed by atoms with van der Waals surface area (Å²) < 4.78 is 17.6. The van der Waals surface area contributed by atoms with Crippen LogP contribution in [0.5, 0.6) is 17.2 Å². The molecule has 0 spiro atoms. The summed E-state index contributed by atoms with van der Waals surface area (Å²) >= 11 is 0. The van der Waals surface area contributed by atoms with Crippen molar-refractivity contribution in [2.24, 2.45) is 5.10 Å². The van der Waals surface area contributed by atoms with Gasteiger partial charge in [0, 0.05) is 29.9 Å². The summed E-state index contributed by atoms with van der Waals surface area (Å²) in [5.41, 5.74) is 4.21. The van der Waals surface area contributed by atoms with Crippen LogP contribution in [0.2, 0.25) is 0 Å². The highest BCUT2D eigenvalue weighted by Crippen LogP contribution is 2.50. The molecule has 0 saturated carbocycles. The summed E-state index contributed by atoms with van der Waals surface area (Å²) in [6, 6.07) is 18.1. The fourth-order valence-electron chi connectivity index (χ4n) is 4.08. The first-order chi connectivity index (χ1) is 14.8. The maximum atomic E-state index is 6.44. The van der Waals surface area contributed by atoms with Gasteiger partial charge in [-0.1, -0.05) is 12.1 Å². The minimum atomic E-state index is -0.345. The number of aromatic nitrogens is 1. The topological polar surface area (TPSA) is 56.2 Å². The second-order valence-electron chi connectivity index (χ2n) is 7.23. The number of hydrogen-bond donors (Lipinski definition) is 0. The highest BCUT2D eigenvalue weighted by atomic mass is 16.5. The third-order valence-corrected chi connectivity index (χ3v) is 5.49. The van der Waals surface area contributed by atoms with Crippen molar-refractivity contribution in [3.63, 3.8) is 0 Å². The Balaban J connectivity index is 1.55. The molecule has 152 valence electrons. The number of nitrogens with zero attached hydrogens (tertiary/aromatic N) is 3. The van der Waals surface area contributed by atoms with Crippen molar-refractivity contribution in [3.05, 3.63) is 83.7 Å². The van der Waals surface area contributed by atoms with E-state index in [0.29, 0.717) is 6.61 Å². The molecule has 0 aliphatic carbocycles. The fourth-order valence-corrected chi connectivity index (χ4v) is 4.08. The standard InChI is InChI=1S/C24H23N3O3/c1-3-29-18-9-7-16(8-10-18)20-15-21-19-5-4-6-22(28-2)23(19)30-24(27(21)26-20)17-11-13-25-14-12-17/h4-14,21,24H,3,15H2,1-2H3/t21-,24-/m1/s1. The lowest BCUT2D eigenvalue weighted by atomic mass is 9.95. The van der Waals surface area contributed by atoms with Gasteiger partial charge in [0.25, 0.3) is 0 Å². The molecule has 2 aromatic carbocycles. The maximum Gasteiger partial charge on any atom is 0.214 e. The largest absolute Gasteiger partial charge is 0.494 e. The number of pyridine rings is 1. The van der Waals surface area contributed by atoms with Gasteiger partial charge in [-0.3, -0.25) is 4.98 Å². The zero-order chi connectivity index (χ0) is 20.5. The maximum absolute atomic E-state index is 6.44. The molecule has 0 bridgehead atoms. The average Bonchev–Trinajstić information content (AvgIpc) is 3.25. The van der Waals surface area contributed by atoms with Crippen LogP contribution in [0, 0.1) is 0 Å². The smallest absolute Gasteiger partial charge is 0.214 e. The lowest BCUT2D eigenvalue weighted by Gasteiger charge is -2.38. The summed E-state index contributed by atoms with van der Waals surface area (Å²) in [6.07, 6.45) is 4.00. The molecule has 5 rings (SSSR count). The van der Waals surface area contributed by atoms with E-state index in [1.165, 1.54) is 0 Å². The average molecular weight is 401 g/mol. The van der Waals surface area contributed by atoms with Crippen molar-refractivity contribution in [1.29, 1.82) is 0 Å². The van der Waals surface area contributed by atoms with Crippen molar-refractivity contribution < 1.29 is 14.2 Å². The van der Waals surface area contributed by atoms with Gasteiger partial charge in [0.1, 0.15) is 5.75 Å². The first-order valence-corrected chi connectivity index (χ1v) is 10.1. The van der Waals surface area contributed by atoms with Gasteiger partial charge in [-0.25, -0.2) is 5.01 Å². The third kappa shape index (κ3) is 3.14. The number of para-hydroxylation sites is 1. The normalized spacial score (nSPS) is 19.4. The Bertz CT molecular complexity index is 1070. The number of ether oxygens (including phenoxy) is 3. The van der Waals surface area contributed by atoms with Crippen molar-refractivity contribution in [3.8, 4) is 17.2 Å². The molecule has 0 unspecified atom stereocenters. The second kappa shape index (κ2) is 7.71. The van der Waals surface area contributed by atoms with E-state index in [0.717, 1.165) is 46.1 Å². The Kier molecular flexibility index (Phi) is 4.75. The number of rotatable bonds is 5. The number of fused-ring (bicyclic) bond motifs is 3. The molecule has 3 aromatic rings. The molecule has 6 heteroatoms. The van der Waals surface area contributed by atoms with Gasteiger partial charge in [0.05, 0.1) is 25.5 Å². The quantitative estimate of drug-likeness (QED) is 0.619. The first-order valence-electron chi connectivity index (χ1n) is 10.1. The Morgan fingerprint density at radius 1 is 1.07 bits per heavy atom. The molecule has 2 atom stereocenters. The number of methoxy groups -OCH3 is 1. The third-order valence-electron chi connectivity index (χ3n) is 5.49. The van der Waals surface area contributed by atoms with Crippen molar-refractivity contribution >= 4 is 5.71 Å². The number of hydrogen-bond acceptors (Lipinski definition) is 6. The van der Waals surface area contributed by atoms with Crippen molar-refractivity contribution in [2.45, 2.75) is 25.6 Å². The summed E-state index contributed by atoms with van der Waals surface area (Å²) in [6.45, 7) is 2.64.